The highest BCUT2D eigenvalue weighted by Gasteiger charge is 2.12. The maximum atomic E-state index is 13.0. The van der Waals surface area contributed by atoms with Gasteiger partial charge in [-0.25, -0.2) is 4.39 Å². The Labute approximate surface area is 177 Å². The van der Waals surface area contributed by atoms with Gasteiger partial charge in [0.2, 0.25) is 11.2 Å². The van der Waals surface area contributed by atoms with Crippen LogP contribution in [0.2, 0.25) is 5.02 Å². The van der Waals surface area contributed by atoms with Crippen LogP contribution in [0.1, 0.15) is 16.7 Å². The quantitative estimate of drug-likeness (QED) is 0.363. The number of ether oxygens (including phenoxy) is 2. The lowest BCUT2D eigenvalue weighted by atomic mass is 10.1. The fraction of sp³-hybridized carbons (Fsp3) is 0.125. The molecule has 3 aromatic carbocycles. The summed E-state index contributed by atoms with van der Waals surface area (Å²) in [5, 5.41) is 1.05. The first kappa shape index (κ1) is 20.0. The maximum Gasteiger partial charge on any atom is 0.235 e. The highest BCUT2D eigenvalue weighted by molar-refractivity contribution is 6.32. The van der Waals surface area contributed by atoms with Gasteiger partial charge in [0.1, 0.15) is 35.8 Å². The fourth-order valence-electron chi connectivity index (χ4n) is 3.09. The molecule has 0 saturated carbocycles. The molecule has 4 rings (SSSR count). The summed E-state index contributed by atoms with van der Waals surface area (Å²) in [5.74, 6) is 0.838. The van der Waals surface area contributed by atoms with Gasteiger partial charge in [0.15, 0.2) is 0 Å². The third-order valence-electron chi connectivity index (χ3n) is 4.67. The van der Waals surface area contributed by atoms with E-state index < -0.39 is 0 Å². The standard InChI is InChI=1S/C24H18ClFO4/c1-14-9-19(10-15(2)23(14)25)30-22-13-29-21-11-18(7-8-20(21)24(22)27)28-12-16-3-5-17(26)6-4-16/h3-11,13H,12H2,1-2H3. The average molecular weight is 425 g/mol. The third-order valence-corrected chi connectivity index (χ3v) is 5.27. The highest BCUT2D eigenvalue weighted by Crippen LogP contribution is 2.29. The van der Waals surface area contributed by atoms with E-state index in [2.05, 4.69) is 0 Å². The van der Waals surface area contributed by atoms with E-state index in [1.54, 1.807) is 42.5 Å². The van der Waals surface area contributed by atoms with Gasteiger partial charge in [0, 0.05) is 11.1 Å². The largest absolute Gasteiger partial charge is 0.489 e. The molecule has 1 heterocycles. The van der Waals surface area contributed by atoms with Gasteiger partial charge in [-0.3, -0.25) is 4.79 Å². The number of rotatable bonds is 5. The van der Waals surface area contributed by atoms with E-state index in [4.69, 9.17) is 25.5 Å². The van der Waals surface area contributed by atoms with Crippen LogP contribution in [0.3, 0.4) is 0 Å². The molecule has 0 aliphatic rings. The Morgan fingerprint density at radius 1 is 0.967 bits per heavy atom. The van der Waals surface area contributed by atoms with E-state index in [-0.39, 0.29) is 23.6 Å². The molecule has 0 spiro atoms. The first-order valence-electron chi connectivity index (χ1n) is 9.28. The molecule has 4 nitrogen and oxygen atoms in total. The van der Waals surface area contributed by atoms with Gasteiger partial charge >= 0.3 is 0 Å². The Morgan fingerprint density at radius 2 is 1.67 bits per heavy atom. The molecule has 6 heteroatoms. The van der Waals surface area contributed by atoms with Gasteiger partial charge in [0.25, 0.3) is 0 Å². The van der Waals surface area contributed by atoms with E-state index in [1.807, 2.05) is 13.8 Å². The Kier molecular flexibility index (Phi) is 5.46. The van der Waals surface area contributed by atoms with Gasteiger partial charge in [-0.05, 0) is 66.9 Å². The van der Waals surface area contributed by atoms with Crippen LogP contribution < -0.4 is 14.9 Å². The first-order valence-corrected chi connectivity index (χ1v) is 9.66. The zero-order valence-electron chi connectivity index (χ0n) is 16.4. The molecule has 0 unspecified atom stereocenters. The number of halogens is 2. The van der Waals surface area contributed by atoms with Crippen LogP contribution in [0.4, 0.5) is 4.39 Å². The third kappa shape index (κ3) is 4.16. The number of hydrogen-bond donors (Lipinski definition) is 0. The molecule has 1 aromatic heterocycles. The molecular formula is C24H18ClFO4. The Balaban J connectivity index is 1.56. The lowest BCUT2D eigenvalue weighted by Gasteiger charge is -2.10. The lowest BCUT2D eigenvalue weighted by Crippen LogP contribution is -2.05. The van der Waals surface area contributed by atoms with Crippen molar-refractivity contribution in [3.8, 4) is 17.2 Å². The van der Waals surface area contributed by atoms with Gasteiger partial charge in [0.05, 0.1) is 5.39 Å². The van der Waals surface area contributed by atoms with Gasteiger partial charge in [-0.1, -0.05) is 23.7 Å². The number of fused-ring (bicyclic) bond motifs is 1. The van der Waals surface area contributed by atoms with Crippen molar-refractivity contribution in [2.45, 2.75) is 20.5 Å². The van der Waals surface area contributed by atoms with Crippen molar-refractivity contribution in [1.29, 1.82) is 0 Å². The minimum atomic E-state index is -0.298. The SMILES string of the molecule is Cc1cc(Oc2coc3cc(OCc4ccc(F)cc4)ccc3c2=O)cc(C)c1Cl. The number of aryl methyl sites for hydroxylation is 2. The lowest BCUT2D eigenvalue weighted by molar-refractivity contribution is 0.306. The van der Waals surface area contributed by atoms with Crippen LogP contribution in [0.15, 0.2) is 70.1 Å². The molecule has 0 fully saturated rings. The molecule has 152 valence electrons. The number of hydrogen-bond acceptors (Lipinski definition) is 4. The smallest absolute Gasteiger partial charge is 0.235 e. The van der Waals surface area contributed by atoms with E-state index in [0.29, 0.717) is 27.5 Å². The van der Waals surface area contributed by atoms with Crippen LogP contribution in [-0.4, -0.2) is 0 Å². The molecule has 0 aliphatic carbocycles. The van der Waals surface area contributed by atoms with Crippen molar-refractivity contribution in [3.63, 3.8) is 0 Å². The summed E-state index contributed by atoms with van der Waals surface area (Å²) < 4.78 is 30.1. The second-order valence-corrected chi connectivity index (χ2v) is 7.35. The molecular weight excluding hydrogens is 407 g/mol. The normalized spacial score (nSPS) is 10.9. The van der Waals surface area contributed by atoms with Crippen molar-refractivity contribution >= 4 is 22.6 Å². The van der Waals surface area contributed by atoms with Crippen molar-refractivity contribution < 1.29 is 18.3 Å². The van der Waals surface area contributed by atoms with E-state index in [1.165, 1.54) is 18.4 Å². The summed E-state index contributed by atoms with van der Waals surface area (Å²) in [7, 11) is 0. The van der Waals surface area contributed by atoms with Crippen molar-refractivity contribution in [2.24, 2.45) is 0 Å². The second kappa shape index (κ2) is 8.20. The predicted molar refractivity (Wildman–Crippen MR) is 114 cm³/mol. The molecule has 0 N–H and O–H groups in total. The molecule has 0 saturated heterocycles. The summed E-state index contributed by atoms with van der Waals surface area (Å²) in [5.41, 5.74) is 2.65. The topological polar surface area (TPSA) is 48.7 Å². The summed E-state index contributed by atoms with van der Waals surface area (Å²) in [6, 6.07) is 14.6. The molecule has 0 bridgehead atoms. The van der Waals surface area contributed by atoms with E-state index in [9.17, 15) is 9.18 Å². The van der Waals surface area contributed by atoms with Crippen molar-refractivity contribution in [3.05, 3.63) is 98.6 Å². The number of benzene rings is 3. The fourth-order valence-corrected chi connectivity index (χ4v) is 3.20. The maximum absolute atomic E-state index is 13.0. The highest BCUT2D eigenvalue weighted by atomic mass is 35.5. The zero-order chi connectivity index (χ0) is 21.3. The molecule has 0 radical (unpaired) electrons. The second-order valence-electron chi connectivity index (χ2n) is 6.98. The molecule has 30 heavy (non-hydrogen) atoms. The minimum Gasteiger partial charge on any atom is -0.489 e. The minimum absolute atomic E-state index is 0.0867. The van der Waals surface area contributed by atoms with Gasteiger partial charge in [-0.2, -0.15) is 0 Å². The summed E-state index contributed by atoms with van der Waals surface area (Å²) >= 11 is 6.18. The molecule has 0 atom stereocenters. The van der Waals surface area contributed by atoms with Gasteiger partial charge in [-0.15, -0.1) is 0 Å². The van der Waals surface area contributed by atoms with Crippen LogP contribution in [0.25, 0.3) is 11.0 Å². The Hall–Kier alpha value is -3.31. The van der Waals surface area contributed by atoms with Crippen LogP contribution in [0.5, 0.6) is 17.2 Å². The van der Waals surface area contributed by atoms with Crippen LogP contribution >= 0.6 is 11.6 Å². The molecule has 0 aliphatic heterocycles. The van der Waals surface area contributed by atoms with Crippen LogP contribution in [0, 0.1) is 19.7 Å². The Morgan fingerprint density at radius 3 is 2.37 bits per heavy atom. The van der Waals surface area contributed by atoms with Gasteiger partial charge < -0.3 is 13.9 Å². The van der Waals surface area contributed by atoms with Crippen molar-refractivity contribution in [2.75, 3.05) is 0 Å². The predicted octanol–water partition coefficient (Wildman–Crippen LogP) is 6.57. The molecule has 0 amide bonds. The van der Waals surface area contributed by atoms with E-state index >= 15 is 0 Å². The average Bonchev–Trinajstić information content (AvgIpc) is 2.73. The Bertz CT molecular complexity index is 1260. The first-order chi connectivity index (χ1) is 14.4. The summed E-state index contributed by atoms with van der Waals surface area (Å²) in [6.45, 7) is 4.02. The monoisotopic (exact) mass is 424 g/mol. The van der Waals surface area contributed by atoms with E-state index in [0.717, 1.165) is 16.7 Å². The zero-order valence-corrected chi connectivity index (χ0v) is 17.1. The summed E-state index contributed by atoms with van der Waals surface area (Å²) in [4.78, 5) is 12.8. The summed E-state index contributed by atoms with van der Waals surface area (Å²) in [6.07, 6.45) is 1.29. The van der Waals surface area contributed by atoms with Crippen molar-refractivity contribution in [1.82, 2.24) is 0 Å². The van der Waals surface area contributed by atoms with Crippen LogP contribution in [-0.2, 0) is 6.61 Å². The molecule has 4 aromatic rings.